The second-order valence-electron chi connectivity index (χ2n) is 5.51. The fourth-order valence-corrected chi connectivity index (χ4v) is 3.10. The van der Waals surface area contributed by atoms with E-state index < -0.39 is 0 Å². The Labute approximate surface area is 148 Å². The number of hydrogen-bond donors (Lipinski definition) is 2. The van der Waals surface area contributed by atoms with Crippen LogP contribution in [0.5, 0.6) is 0 Å². The molecule has 2 aromatic rings. The Morgan fingerprint density at radius 2 is 2.09 bits per heavy atom. The number of rotatable bonds is 4. The zero-order valence-electron chi connectivity index (χ0n) is 12.7. The summed E-state index contributed by atoms with van der Waals surface area (Å²) in [6, 6.07) is 7.75. The summed E-state index contributed by atoms with van der Waals surface area (Å²) in [5, 5.41) is 3.06. The number of nitrogens with zero attached hydrogens (tertiary/aromatic N) is 2. The van der Waals surface area contributed by atoms with Crippen molar-refractivity contribution in [2.45, 2.75) is 19.3 Å². The minimum atomic E-state index is 0. The van der Waals surface area contributed by atoms with E-state index in [1.807, 2.05) is 35.0 Å². The molecule has 1 heterocycles. The number of nitrogens with one attached hydrogen (secondary N) is 1. The van der Waals surface area contributed by atoms with Crippen LogP contribution in [0.3, 0.4) is 0 Å². The van der Waals surface area contributed by atoms with E-state index in [4.69, 9.17) is 5.73 Å². The van der Waals surface area contributed by atoms with Gasteiger partial charge in [0, 0.05) is 18.3 Å². The number of imidazole rings is 1. The van der Waals surface area contributed by atoms with Gasteiger partial charge in [0.1, 0.15) is 0 Å². The Morgan fingerprint density at radius 3 is 2.78 bits per heavy atom. The summed E-state index contributed by atoms with van der Waals surface area (Å²) in [5.74, 6) is 0.423. The van der Waals surface area contributed by atoms with Gasteiger partial charge in [0.25, 0.3) is 0 Å². The molecule has 1 aromatic carbocycles. The van der Waals surface area contributed by atoms with Gasteiger partial charge >= 0.3 is 0 Å². The Morgan fingerprint density at radius 1 is 1.30 bits per heavy atom. The first-order valence-electron chi connectivity index (χ1n) is 7.38. The second kappa shape index (κ2) is 8.91. The molecule has 3 N–H and O–H groups in total. The Balaban J connectivity index is 0.00000132. The lowest BCUT2D eigenvalue weighted by atomic mass is 9.95. The normalized spacial score (nSPS) is 19.5. The molecular formula is C16H22Cl2N4O. The summed E-state index contributed by atoms with van der Waals surface area (Å²) >= 11 is 0. The third-order valence-corrected chi connectivity index (χ3v) is 4.24. The van der Waals surface area contributed by atoms with E-state index >= 15 is 0 Å². The van der Waals surface area contributed by atoms with Crippen molar-refractivity contribution in [3.8, 4) is 5.69 Å². The van der Waals surface area contributed by atoms with Gasteiger partial charge in [-0.2, -0.15) is 0 Å². The highest BCUT2D eigenvalue weighted by molar-refractivity contribution is 5.94. The molecule has 1 aliphatic carbocycles. The number of nitrogens with two attached hydrogens (primary N) is 1. The summed E-state index contributed by atoms with van der Waals surface area (Å²) in [5.41, 5.74) is 7.50. The molecule has 0 spiro atoms. The number of amides is 1. The van der Waals surface area contributed by atoms with Crippen molar-refractivity contribution in [3.63, 3.8) is 0 Å². The van der Waals surface area contributed by atoms with Gasteiger partial charge in [0.15, 0.2) is 0 Å². The van der Waals surface area contributed by atoms with Gasteiger partial charge in [-0.15, -0.1) is 24.8 Å². The van der Waals surface area contributed by atoms with Crippen molar-refractivity contribution in [2.24, 2.45) is 17.6 Å². The average Bonchev–Trinajstić information content (AvgIpc) is 3.19. The molecule has 0 saturated heterocycles. The second-order valence-corrected chi connectivity index (χ2v) is 5.51. The van der Waals surface area contributed by atoms with Gasteiger partial charge in [0.05, 0.1) is 17.7 Å². The van der Waals surface area contributed by atoms with Crippen molar-refractivity contribution in [3.05, 3.63) is 43.0 Å². The monoisotopic (exact) mass is 356 g/mol. The molecule has 23 heavy (non-hydrogen) atoms. The maximum absolute atomic E-state index is 12.5. The third kappa shape index (κ3) is 4.25. The molecule has 1 aromatic heterocycles. The number of anilines is 1. The van der Waals surface area contributed by atoms with Gasteiger partial charge in [-0.1, -0.05) is 18.6 Å². The molecule has 7 heteroatoms. The quantitative estimate of drug-likeness (QED) is 0.883. The molecule has 3 rings (SSSR count). The van der Waals surface area contributed by atoms with Gasteiger partial charge < -0.3 is 15.6 Å². The lowest BCUT2D eigenvalue weighted by molar-refractivity contribution is -0.120. The number of carbonyl (C=O) groups excluding carboxylic acids is 1. The van der Waals surface area contributed by atoms with Crippen LogP contribution in [0.25, 0.3) is 5.69 Å². The number of benzene rings is 1. The predicted octanol–water partition coefficient (Wildman–Crippen LogP) is 3.03. The van der Waals surface area contributed by atoms with Crippen molar-refractivity contribution in [1.82, 2.24) is 9.55 Å². The summed E-state index contributed by atoms with van der Waals surface area (Å²) in [6.45, 7) is 0.585. The van der Waals surface area contributed by atoms with Crippen LogP contribution in [0.15, 0.2) is 43.0 Å². The van der Waals surface area contributed by atoms with Crippen molar-refractivity contribution < 1.29 is 4.79 Å². The van der Waals surface area contributed by atoms with Crippen LogP contribution in [0.2, 0.25) is 0 Å². The molecule has 1 amide bonds. The van der Waals surface area contributed by atoms with Crippen LogP contribution >= 0.6 is 24.8 Å². The topological polar surface area (TPSA) is 72.9 Å². The minimum Gasteiger partial charge on any atom is -0.330 e. The fraction of sp³-hybridized carbons (Fsp3) is 0.375. The zero-order valence-corrected chi connectivity index (χ0v) is 14.4. The van der Waals surface area contributed by atoms with Crippen LogP contribution in [-0.2, 0) is 4.79 Å². The van der Waals surface area contributed by atoms with E-state index in [1.165, 1.54) is 0 Å². The standard InChI is InChI=1S/C16H20N4O.2ClH/c17-10-12-4-3-5-13(12)16(21)19-14-6-1-2-7-15(14)20-9-8-18-11-20;;/h1-2,6-9,11-13H,3-5,10,17H2,(H,19,21);2*1H/t12-,13-;;/m1../s1. The minimum absolute atomic E-state index is 0. The van der Waals surface area contributed by atoms with E-state index in [0.717, 1.165) is 30.6 Å². The number of aromatic nitrogens is 2. The van der Waals surface area contributed by atoms with Crippen LogP contribution < -0.4 is 11.1 Å². The van der Waals surface area contributed by atoms with Crippen LogP contribution in [0.1, 0.15) is 19.3 Å². The molecule has 1 aliphatic rings. The van der Waals surface area contributed by atoms with Gasteiger partial charge in [-0.3, -0.25) is 4.79 Å². The fourth-order valence-electron chi connectivity index (χ4n) is 3.10. The van der Waals surface area contributed by atoms with E-state index in [9.17, 15) is 4.79 Å². The predicted molar refractivity (Wildman–Crippen MR) is 96.6 cm³/mol. The third-order valence-electron chi connectivity index (χ3n) is 4.24. The first-order valence-corrected chi connectivity index (χ1v) is 7.38. The largest absolute Gasteiger partial charge is 0.330 e. The molecule has 0 radical (unpaired) electrons. The van der Waals surface area contributed by atoms with Crippen LogP contribution in [-0.4, -0.2) is 22.0 Å². The first-order chi connectivity index (χ1) is 10.3. The first kappa shape index (κ1) is 19.5. The van der Waals surface area contributed by atoms with Gasteiger partial charge in [-0.05, 0) is 37.4 Å². The summed E-state index contributed by atoms with van der Waals surface area (Å²) in [7, 11) is 0. The van der Waals surface area contributed by atoms with Crippen LogP contribution in [0, 0.1) is 11.8 Å². The average molecular weight is 357 g/mol. The van der Waals surface area contributed by atoms with E-state index in [2.05, 4.69) is 10.3 Å². The smallest absolute Gasteiger partial charge is 0.227 e. The van der Waals surface area contributed by atoms with Gasteiger partial charge in [0.2, 0.25) is 5.91 Å². The van der Waals surface area contributed by atoms with Crippen LogP contribution in [0.4, 0.5) is 5.69 Å². The maximum atomic E-state index is 12.5. The lowest BCUT2D eigenvalue weighted by Gasteiger charge is -2.19. The molecule has 0 aliphatic heterocycles. The van der Waals surface area contributed by atoms with Crippen molar-refractivity contribution in [2.75, 3.05) is 11.9 Å². The molecule has 126 valence electrons. The maximum Gasteiger partial charge on any atom is 0.227 e. The summed E-state index contributed by atoms with van der Waals surface area (Å²) in [4.78, 5) is 16.6. The lowest BCUT2D eigenvalue weighted by Crippen LogP contribution is -2.30. The Hall–Kier alpha value is -1.56. The molecule has 0 unspecified atom stereocenters. The Kier molecular flexibility index (Phi) is 7.55. The highest BCUT2D eigenvalue weighted by Crippen LogP contribution is 2.32. The summed E-state index contributed by atoms with van der Waals surface area (Å²) < 4.78 is 1.89. The molecule has 0 bridgehead atoms. The van der Waals surface area contributed by atoms with E-state index in [1.54, 1.807) is 12.5 Å². The van der Waals surface area contributed by atoms with Crippen molar-refractivity contribution in [1.29, 1.82) is 0 Å². The molecule has 5 nitrogen and oxygen atoms in total. The van der Waals surface area contributed by atoms with E-state index in [-0.39, 0.29) is 36.6 Å². The highest BCUT2D eigenvalue weighted by atomic mass is 35.5. The van der Waals surface area contributed by atoms with E-state index in [0.29, 0.717) is 12.5 Å². The SMILES string of the molecule is Cl.Cl.NC[C@H]1CCC[C@H]1C(=O)Nc1ccccc1-n1ccnc1. The Bertz CT molecular complexity index is 618. The number of hydrogen-bond acceptors (Lipinski definition) is 3. The number of halogens is 2. The molecular weight excluding hydrogens is 335 g/mol. The summed E-state index contributed by atoms with van der Waals surface area (Å²) in [6.07, 6.45) is 8.38. The number of para-hydroxylation sites is 2. The molecule has 1 fully saturated rings. The molecule has 2 atom stereocenters. The van der Waals surface area contributed by atoms with Gasteiger partial charge in [-0.25, -0.2) is 4.98 Å². The van der Waals surface area contributed by atoms with Crippen molar-refractivity contribution >= 4 is 36.4 Å². The zero-order chi connectivity index (χ0) is 14.7. The number of carbonyl (C=O) groups is 1. The molecule has 1 saturated carbocycles. The highest BCUT2D eigenvalue weighted by Gasteiger charge is 2.32.